The van der Waals surface area contributed by atoms with Crippen LogP contribution in [0.4, 0.5) is 4.79 Å². The van der Waals surface area contributed by atoms with E-state index in [0.717, 1.165) is 25.5 Å². The van der Waals surface area contributed by atoms with Crippen molar-refractivity contribution < 1.29 is 14.3 Å². The average molecular weight is 317 g/mol. The van der Waals surface area contributed by atoms with Crippen LogP contribution in [0, 0.1) is 0 Å². The summed E-state index contributed by atoms with van der Waals surface area (Å²) < 4.78 is 5.46. The Morgan fingerprint density at radius 3 is 2.35 bits per heavy atom. The standard InChI is InChI=1S/C19H27NO3/c1-18(2,3)23-17(22)20-13-11-19(12-14-20,10-7-15-21)16-8-5-4-6-9-16/h4-6,8-9,15H,7,10-14H2,1-3H3. The molecular formula is C19H27NO3. The van der Waals surface area contributed by atoms with Gasteiger partial charge in [-0.05, 0) is 51.0 Å². The Morgan fingerprint density at radius 1 is 1.22 bits per heavy atom. The lowest BCUT2D eigenvalue weighted by Gasteiger charge is -2.42. The van der Waals surface area contributed by atoms with Gasteiger partial charge in [0.2, 0.25) is 0 Å². The molecule has 0 aliphatic carbocycles. The van der Waals surface area contributed by atoms with E-state index in [1.165, 1.54) is 5.56 Å². The van der Waals surface area contributed by atoms with Crippen molar-refractivity contribution in [3.8, 4) is 0 Å². The lowest BCUT2D eigenvalue weighted by Crippen LogP contribution is -2.46. The van der Waals surface area contributed by atoms with Crippen LogP contribution in [0.2, 0.25) is 0 Å². The highest BCUT2D eigenvalue weighted by Crippen LogP contribution is 2.39. The van der Waals surface area contributed by atoms with Crippen LogP contribution in [0.1, 0.15) is 52.0 Å². The first kappa shape index (κ1) is 17.5. The molecule has 1 amide bonds. The number of aldehydes is 1. The molecule has 1 aliphatic heterocycles. The Labute approximate surface area is 138 Å². The molecule has 4 nitrogen and oxygen atoms in total. The highest BCUT2D eigenvalue weighted by Gasteiger charge is 2.37. The SMILES string of the molecule is CC(C)(C)OC(=O)N1CCC(CCC=O)(c2ccccc2)CC1. The van der Waals surface area contributed by atoms with Crippen LogP contribution in [0.25, 0.3) is 0 Å². The molecule has 0 bridgehead atoms. The topological polar surface area (TPSA) is 46.6 Å². The van der Waals surface area contributed by atoms with E-state index in [1.54, 1.807) is 4.90 Å². The van der Waals surface area contributed by atoms with Gasteiger partial charge in [-0.1, -0.05) is 30.3 Å². The van der Waals surface area contributed by atoms with Crippen molar-refractivity contribution in [2.75, 3.05) is 13.1 Å². The fraction of sp³-hybridized carbons (Fsp3) is 0.579. The second-order valence-electron chi connectivity index (χ2n) is 7.32. The summed E-state index contributed by atoms with van der Waals surface area (Å²) >= 11 is 0. The fourth-order valence-electron chi connectivity index (χ4n) is 3.25. The second-order valence-corrected chi connectivity index (χ2v) is 7.32. The zero-order chi connectivity index (χ0) is 16.9. The maximum atomic E-state index is 12.2. The van der Waals surface area contributed by atoms with Gasteiger partial charge in [0.15, 0.2) is 0 Å². The number of nitrogens with zero attached hydrogens (tertiary/aromatic N) is 1. The third kappa shape index (κ3) is 4.57. The Balaban J connectivity index is 2.08. The summed E-state index contributed by atoms with van der Waals surface area (Å²) in [6.07, 6.45) is 3.87. The van der Waals surface area contributed by atoms with E-state index in [9.17, 15) is 9.59 Å². The summed E-state index contributed by atoms with van der Waals surface area (Å²) in [5.41, 5.74) is 0.786. The van der Waals surface area contributed by atoms with Crippen LogP contribution >= 0.6 is 0 Å². The van der Waals surface area contributed by atoms with E-state index in [2.05, 4.69) is 12.1 Å². The number of hydrogen-bond acceptors (Lipinski definition) is 3. The summed E-state index contributed by atoms with van der Waals surface area (Å²) in [7, 11) is 0. The molecule has 0 spiro atoms. The minimum absolute atomic E-state index is 0.0132. The van der Waals surface area contributed by atoms with Gasteiger partial charge < -0.3 is 14.4 Å². The number of ether oxygens (including phenoxy) is 1. The molecule has 0 unspecified atom stereocenters. The first-order valence-corrected chi connectivity index (χ1v) is 8.33. The summed E-state index contributed by atoms with van der Waals surface area (Å²) in [5, 5.41) is 0. The number of hydrogen-bond donors (Lipinski definition) is 0. The molecule has 2 rings (SSSR count). The molecule has 0 N–H and O–H groups in total. The van der Waals surface area contributed by atoms with Crippen molar-refractivity contribution in [2.24, 2.45) is 0 Å². The monoisotopic (exact) mass is 317 g/mol. The number of benzene rings is 1. The molecule has 1 heterocycles. The summed E-state index contributed by atoms with van der Waals surface area (Å²) in [6, 6.07) is 10.4. The van der Waals surface area contributed by atoms with E-state index >= 15 is 0 Å². The molecule has 0 saturated carbocycles. The van der Waals surface area contributed by atoms with Gasteiger partial charge >= 0.3 is 6.09 Å². The van der Waals surface area contributed by atoms with Gasteiger partial charge in [0.25, 0.3) is 0 Å². The molecule has 1 aromatic rings. The molecule has 0 atom stereocenters. The Bertz CT molecular complexity index is 525. The minimum atomic E-state index is -0.470. The number of rotatable bonds is 4. The van der Waals surface area contributed by atoms with Gasteiger partial charge in [0.1, 0.15) is 11.9 Å². The molecule has 1 aliphatic rings. The number of piperidine rings is 1. The summed E-state index contributed by atoms with van der Waals surface area (Å²) in [4.78, 5) is 24.9. The molecule has 23 heavy (non-hydrogen) atoms. The molecule has 1 saturated heterocycles. The quantitative estimate of drug-likeness (QED) is 0.790. The van der Waals surface area contributed by atoms with Gasteiger partial charge in [-0.15, -0.1) is 0 Å². The Morgan fingerprint density at radius 2 is 1.83 bits per heavy atom. The van der Waals surface area contributed by atoms with Crippen LogP contribution in [-0.4, -0.2) is 36.0 Å². The Hall–Kier alpha value is -1.84. The molecule has 4 heteroatoms. The van der Waals surface area contributed by atoms with Gasteiger partial charge in [0.05, 0.1) is 0 Å². The fourth-order valence-corrected chi connectivity index (χ4v) is 3.25. The summed E-state index contributed by atoms with van der Waals surface area (Å²) in [6.45, 7) is 6.99. The number of likely N-dealkylation sites (tertiary alicyclic amines) is 1. The number of carbonyl (C=O) groups is 2. The highest BCUT2D eigenvalue weighted by atomic mass is 16.6. The largest absolute Gasteiger partial charge is 0.444 e. The van der Waals surface area contributed by atoms with Crippen molar-refractivity contribution in [1.82, 2.24) is 4.90 Å². The van der Waals surface area contributed by atoms with Crippen LogP contribution in [-0.2, 0) is 14.9 Å². The zero-order valence-corrected chi connectivity index (χ0v) is 14.4. The lowest BCUT2D eigenvalue weighted by atomic mass is 9.70. The Kier molecular flexibility index (Phi) is 5.45. The van der Waals surface area contributed by atoms with Crippen molar-refractivity contribution in [1.29, 1.82) is 0 Å². The number of carbonyl (C=O) groups excluding carboxylic acids is 2. The third-order valence-electron chi connectivity index (χ3n) is 4.50. The van der Waals surface area contributed by atoms with Crippen LogP contribution in [0.5, 0.6) is 0 Å². The molecule has 0 aromatic heterocycles. The second kappa shape index (κ2) is 7.16. The molecule has 1 aromatic carbocycles. The van der Waals surface area contributed by atoms with Gasteiger partial charge in [-0.3, -0.25) is 0 Å². The van der Waals surface area contributed by atoms with Crippen LogP contribution < -0.4 is 0 Å². The lowest BCUT2D eigenvalue weighted by molar-refractivity contribution is -0.108. The number of amides is 1. The van der Waals surface area contributed by atoms with Crippen molar-refractivity contribution in [3.05, 3.63) is 35.9 Å². The van der Waals surface area contributed by atoms with E-state index in [0.29, 0.717) is 19.5 Å². The van der Waals surface area contributed by atoms with E-state index in [1.807, 2.05) is 39.0 Å². The molecule has 0 radical (unpaired) electrons. The first-order chi connectivity index (χ1) is 10.9. The van der Waals surface area contributed by atoms with E-state index in [-0.39, 0.29) is 11.5 Å². The zero-order valence-electron chi connectivity index (χ0n) is 14.4. The molecule has 1 fully saturated rings. The van der Waals surface area contributed by atoms with Crippen molar-refractivity contribution in [3.63, 3.8) is 0 Å². The van der Waals surface area contributed by atoms with E-state index in [4.69, 9.17) is 4.74 Å². The van der Waals surface area contributed by atoms with Gasteiger partial charge in [-0.2, -0.15) is 0 Å². The molecule has 126 valence electrons. The van der Waals surface area contributed by atoms with Crippen molar-refractivity contribution >= 4 is 12.4 Å². The normalized spacial score (nSPS) is 17.6. The first-order valence-electron chi connectivity index (χ1n) is 8.33. The minimum Gasteiger partial charge on any atom is -0.444 e. The van der Waals surface area contributed by atoms with E-state index < -0.39 is 5.60 Å². The van der Waals surface area contributed by atoms with Crippen molar-refractivity contribution in [2.45, 2.75) is 57.5 Å². The predicted molar refractivity (Wildman–Crippen MR) is 90.5 cm³/mol. The van der Waals surface area contributed by atoms with Crippen LogP contribution in [0.15, 0.2) is 30.3 Å². The third-order valence-corrected chi connectivity index (χ3v) is 4.50. The highest BCUT2D eigenvalue weighted by molar-refractivity contribution is 5.68. The average Bonchev–Trinajstić information content (AvgIpc) is 2.52. The van der Waals surface area contributed by atoms with Gasteiger partial charge in [0, 0.05) is 19.5 Å². The smallest absolute Gasteiger partial charge is 0.410 e. The van der Waals surface area contributed by atoms with Crippen LogP contribution in [0.3, 0.4) is 0 Å². The maximum absolute atomic E-state index is 12.2. The van der Waals surface area contributed by atoms with Gasteiger partial charge in [-0.25, -0.2) is 4.79 Å². The maximum Gasteiger partial charge on any atom is 0.410 e. The predicted octanol–water partition coefficient (Wildman–Crippen LogP) is 3.93. The summed E-state index contributed by atoms with van der Waals surface area (Å²) in [5.74, 6) is 0. The molecular weight excluding hydrogens is 290 g/mol.